The molecule has 0 aliphatic heterocycles. The van der Waals surface area contributed by atoms with Gasteiger partial charge in [-0.25, -0.2) is 0 Å². The fourth-order valence-electron chi connectivity index (χ4n) is 2.07. The molecule has 2 N–H and O–H groups in total. The maximum absolute atomic E-state index is 11.7. The van der Waals surface area contributed by atoms with Crippen LogP contribution in [0.25, 0.3) is 16.8 Å². The van der Waals surface area contributed by atoms with Crippen LogP contribution >= 0.6 is 0 Å². The summed E-state index contributed by atoms with van der Waals surface area (Å²) in [5.74, 6) is -2.03. The van der Waals surface area contributed by atoms with Gasteiger partial charge in [-0.05, 0) is 46.7 Å². The van der Waals surface area contributed by atoms with Gasteiger partial charge in [-0.2, -0.15) is 0 Å². The number of aliphatic hydroxyl groups excluding tert-OH is 1. The molecule has 1 aliphatic rings. The normalized spacial score (nSPS) is 14.6. The van der Waals surface area contributed by atoms with E-state index in [1.165, 1.54) is 12.1 Å². The predicted octanol–water partition coefficient (Wildman–Crippen LogP) is 2.21. The number of fused-ring (bicyclic) bond motifs is 2. The van der Waals surface area contributed by atoms with Gasteiger partial charge in [0.2, 0.25) is 5.78 Å². The van der Waals surface area contributed by atoms with E-state index >= 15 is 0 Å². The summed E-state index contributed by atoms with van der Waals surface area (Å²) in [5.41, 5.74) is 0.756. The number of allylic oxidation sites excluding steroid dienone is 1. The number of aromatic hydroxyl groups is 1. The van der Waals surface area contributed by atoms with Gasteiger partial charge in [0, 0.05) is 5.56 Å². The molecule has 4 heteroatoms. The van der Waals surface area contributed by atoms with Crippen LogP contribution in [0.4, 0.5) is 0 Å². The molecule has 0 amide bonds. The highest BCUT2D eigenvalue weighted by atomic mass is 16.3. The number of benzene rings is 2. The van der Waals surface area contributed by atoms with Gasteiger partial charge in [-0.3, -0.25) is 9.59 Å². The Morgan fingerprint density at radius 2 is 1.61 bits per heavy atom. The van der Waals surface area contributed by atoms with Crippen LogP contribution in [-0.2, 0) is 4.79 Å². The third-order valence-corrected chi connectivity index (χ3v) is 2.97. The SMILES string of the molecule is O=C1C(=O)c2cc3ccc(O)cc3cc2C=C1O. The molecule has 2 aromatic carbocycles. The van der Waals surface area contributed by atoms with Crippen LogP contribution in [0, 0.1) is 0 Å². The van der Waals surface area contributed by atoms with Crippen molar-refractivity contribution >= 4 is 28.4 Å². The highest BCUT2D eigenvalue weighted by Gasteiger charge is 2.27. The summed E-state index contributed by atoms with van der Waals surface area (Å²) < 4.78 is 0. The van der Waals surface area contributed by atoms with Crippen LogP contribution in [0.3, 0.4) is 0 Å². The van der Waals surface area contributed by atoms with E-state index < -0.39 is 17.3 Å². The molecule has 4 nitrogen and oxygen atoms in total. The van der Waals surface area contributed by atoms with Crippen molar-refractivity contribution in [2.45, 2.75) is 0 Å². The second-order valence-electron chi connectivity index (χ2n) is 4.16. The molecule has 0 bridgehead atoms. The number of carbonyl (C=O) groups is 2. The average Bonchev–Trinajstić information content (AvgIpc) is 2.34. The number of phenolic OH excluding ortho intramolecular Hbond substituents is 1. The fraction of sp³-hybridized carbons (Fsp3) is 0. The first-order valence-corrected chi connectivity index (χ1v) is 5.33. The third-order valence-electron chi connectivity index (χ3n) is 2.97. The standard InChI is InChI=1S/C14H8O4/c15-10-2-1-7-5-11-9(3-8(7)4-10)6-12(16)14(18)13(11)17/h1-6,15-16H. The van der Waals surface area contributed by atoms with E-state index in [1.54, 1.807) is 24.3 Å². The lowest BCUT2D eigenvalue weighted by atomic mass is 9.91. The number of Topliss-reactive ketones (excluding diaryl/α,β-unsaturated/α-hetero) is 2. The van der Waals surface area contributed by atoms with Crippen molar-refractivity contribution in [2.75, 3.05) is 0 Å². The van der Waals surface area contributed by atoms with Crippen molar-refractivity contribution in [3.05, 3.63) is 47.2 Å². The Hall–Kier alpha value is -2.62. The van der Waals surface area contributed by atoms with E-state index in [0.29, 0.717) is 5.56 Å². The highest BCUT2D eigenvalue weighted by Crippen LogP contribution is 2.28. The molecule has 0 radical (unpaired) electrons. The highest BCUT2D eigenvalue weighted by molar-refractivity contribution is 6.51. The molecule has 2 aromatic rings. The van der Waals surface area contributed by atoms with Crippen molar-refractivity contribution in [3.8, 4) is 5.75 Å². The Balaban J connectivity index is 2.36. The molecular formula is C14H8O4. The summed E-state index contributed by atoms with van der Waals surface area (Å²) >= 11 is 0. The summed E-state index contributed by atoms with van der Waals surface area (Å²) in [4.78, 5) is 23.1. The van der Waals surface area contributed by atoms with Crippen LogP contribution in [-0.4, -0.2) is 21.8 Å². The zero-order valence-electron chi connectivity index (χ0n) is 9.18. The van der Waals surface area contributed by atoms with Gasteiger partial charge in [-0.1, -0.05) is 6.07 Å². The Kier molecular flexibility index (Phi) is 2.01. The first-order valence-electron chi connectivity index (χ1n) is 5.33. The maximum atomic E-state index is 11.7. The zero-order chi connectivity index (χ0) is 12.9. The van der Waals surface area contributed by atoms with Crippen LogP contribution in [0.5, 0.6) is 5.75 Å². The number of aliphatic hydroxyl groups is 1. The molecule has 3 rings (SSSR count). The van der Waals surface area contributed by atoms with Crippen molar-refractivity contribution in [2.24, 2.45) is 0 Å². The Morgan fingerprint density at radius 1 is 0.833 bits per heavy atom. The lowest BCUT2D eigenvalue weighted by Gasteiger charge is -2.12. The van der Waals surface area contributed by atoms with Crippen LogP contribution in [0.2, 0.25) is 0 Å². The minimum atomic E-state index is -0.888. The molecule has 0 saturated heterocycles. The van der Waals surface area contributed by atoms with Crippen molar-refractivity contribution in [1.82, 2.24) is 0 Å². The third kappa shape index (κ3) is 1.39. The number of ketones is 2. The van der Waals surface area contributed by atoms with E-state index in [0.717, 1.165) is 10.8 Å². The molecule has 0 saturated carbocycles. The Bertz CT molecular complexity index is 741. The van der Waals surface area contributed by atoms with Gasteiger partial charge in [0.25, 0.3) is 5.78 Å². The molecule has 0 atom stereocenters. The lowest BCUT2D eigenvalue weighted by Crippen LogP contribution is -2.21. The number of hydrogen-bond acceptors (Lipinski definition) is 4. The van der Waals surface area contributed by atoms with Gasteiger partial charge in [-0.15, -0.1) is 0 Å². The predicted molar refractivity (Wildman–Crippen MR) is 65.6 cm³/mol. The molecule has 0 heterocycles. The van der Waals surface area contributed by atoms with Gasteiger partial charge in [0.05, 0.1) is 0 Å². The van der Waals surface area contributed by atoms with Crippen molar-refractivity contribution < 1.29 is 19.8 Å². The molecule has 0 aromatic heterocycles. The quantitative estimate of drug-likeness (QED) is 0.692. The number of carbonyl (C=O) groups excluding carboxylic acids is 2. The molecule has 18 heavy (non-hydrogen) atoms. The fourth-order valence-corrected chi connectivity index (χ4v) is 2.07. The van der Waals surface area contributed by atoms with E-state index in [2.05, 4.69) is 0 Å². The van der Waals surface area contributed by atoms with Crippen molar-refractivity contribution in [1.29, 1.82) is 0 Å². The van der Waals surface area contributed by atoms with Crippen LogP contribution in [0.1, 0.15) is 15.9 Å². The number of hydrogen-bond donors (Lipinski definition) is 2. The molecule has 0 spiro atoms. The monoisotopic (exact) mass is 240 g/mol. The second-order valence-corrected chi connectivity index (χ2v) is 4.16. The minimum Gasteiger partial charge on any atom is -0.508 e. The van der Waals surface area contributed by atoms with E-state index in [-0.39, 0.29) is 11.3 Å². The van der Waals surface area contributed by atoms with E-state index in [4.69, 9.17) is 0 Å². The molecule has 1 aliphatic carbocycles. The Labute approximate surface area is 102 Å². The van der Waals surface area contributed by atoms with E-state index in [1.807, 2.05) is 0 Å². The minimum absolute atomic E-state index is 0.119. The molecular weight excluding hydrogens is 232 g/mol. The summed E-state index contributed by atoms with van der Waals surface area (Å²) in [7, 11) is 0. The summed E-state index contributed by atoms with van der Waals surface area (Å²) in [6.07, 6.45) is 1.27. The smallest absolute Gasteiger partial charge is 0.267 e. The zero-order valence-corrected chi connectivity index (χ0v) is 9.18. The summed E-state index contributed by atoms with van der Waals surface area (Å²) in [6.45, 7) is 0. The van der Waals surface area contributed by atoms with Gasteiger partial charge in [0.1, 0.15) is 5.75 Å². The molecule has 0 unspecified atom stereocenters. The van der Waals surface area contributed by atoms with Gasteiger partial charge >= 0.3 is 0 Å². The molecule has 0 fully saturated rings. The van der Waals surface area contributed by atoms with E-state index in [9.17, 15) is 19.8 Å². The summed E-state index contributed by atoms with van der Waals surface area (Å²) in [6, 6.07) is 7.98. The molecule has 88 valence electrons. The van der Waals surface area contributed by atoms with Gasteiger partial charge < -0.3 is 10.2 Å². The first-order chi connectivity index (χ1) is 8.56. The topological polar surface area (TPSA) is 74.6 Å². The summed E-state index contributed by atoms with van der Waals surface area (Å²) in [5, 5.41) is 20.2. The number of phenols is 1. The van der Waals surface area contributed by atoms with Gasteiger partial charge in [0.15, 0.2) is 5.76 Å². The first kappa shape index (κ1) is 10.5. The number of rotatable bonds is 0. The van der Waals surface area contributed by atoms with Crippen LogP contribution < -0.4 is 0 Å². The lowest BCUT2D eigenvalue weighted by molar-refractivity contribution is -0.114. The van der Waals surface area contributed by atoms with Crippen molar-refractivity contribution in [3.63, 3.8) is 0 Å². The second kappa shape index (κ2) is 3.43. The average molecular weight is 240 g/mol. The van der Waals surface area contributed by atoms with Crippen LogP contribution in [0.15, 0.2) is 36.1 Å². The Morgan fingerprint density at radius 3 is 2.39 bits per heavy atom. The largest absolute Gasteiger partial charge is 0.508 e. The maximum Gasteiger partial charge on any atom is 0.267 e.